The Balaban J connectivity index is 1.42. The summed E-state index contributed by atoms with van der Waals surface area (Å²) in [6.45, 7) is 4.93. The molecule has 2 aliphatic heterocycles. The van der Waals surface area contributed by atoms with Crippen molar-refractivity contribution in [3.05, 3.63) is 71.9 Å². The van der Waals surface area contributed by atoms with E-state index in [-0.39, 0.29) is 6.04 Å². The van der Waals surface area contributed by atoms with Gasteiger partial charge in [-0.25, -0.2) is 0 Å². The standard InChI is InChI=1S/C24H29N3O/c28-24(21-9-2-1-3-10-21)12-16-26(18-22(24)27-14-4-5-15-27)17-20-8-6-7-19-11-13-25-23(19)20/h1-3,6-11,13,22,25,28H,4-5,12,14-18H2/t22-,24+/m1/s1. The Kier molecular flexibility index (Phi) is 4.71. The Morgan fingerprint density at radius 1 is 0.964 bits per heavy atom. The van der Waals surface area contributed by atoms with Gasteiger partial charge in [-0.15, -0.1) is 0 Å². The quantitative estimate of drug-likeness (QED) is 0.730. The van der Waals surface area contributed by atoms with Gasteiger partial charge in [-0.2, -0.15) is 0 Å². The zero-order valence-corrected chi connectivity index (χ0v) is 16.3. The van der Waals surface area contributed by atoms with Gasteiger partial charge >= 0.3 is 0 Å². The second-order valence-electron chi connectivity index (χ2n) is 8.39. The van der Waals surface area contributed by atoms with Crippen molar-refractivity contribution in [1.82, 2.24) is 14.8 Å². The van der Waals surface area contributed by atoms with E-state index in [1.807, 2.05) is 24.4 Å². The number of hydrogen-bond donors (Lipinski definition) is 2. The molecular weight excluding hydrogens is 346 g/mol. The lowest BCUT2D eigenvalue weighted by Gasteiger charge is -2.48. The number of likely N-dealkylation sites (tertiary alicyclic amines) is 2. The maximum atomic E-state index is 11.8. The smallest absolute Gasteiger partial charge is 0.108 e. The number of H-pyrrole nitrogens is 1. The Bertz CT molecular complexity index is 931. The molecule has 0 unspecified atom stereocenters. The van der Waals surface area contributed by atoms with Crippen LogP contribution < -0.4 is 0 Å². The lowest BCUT2D eigenvalue weighted by atomic mass is 9.79. The molecule has 0 radical (unpaired) electrons. The fraction of sp³-hybridized carbons (Fsp3) is 0.417. The third-order valence-electron chi connectivity index (χ3n) is 6.71. The highest BCUT2D eigenvalue weighted by Gasteiger charge is 2.46. The van der Waals surface area contributed by atoms with Gasteiger partial charge in [0.1, 0.15) is 5.60 Å². The Morgan fingerprint density at radius 3 is 2.61 bits per heavy atom. The number of aromatic amines is 1. The summed E-state index contributed by atoms with van der Waals surface area (Å²) in [5, 5.41) is 13.1. The summed E-state index contributed by atoms with van der Waals surface area (Å²) in [6, 6.07) is 19.1. The van der Waals surface area contributed by atoms with Gasteiger partial charge in [-0.1, -0.05) is 48.5 Å². The molecule has 3 heterocycles. The van der Waals surface area contributed by atoms with Crippen LogP contribution >= 0.6 is 0 Å². The van der Waals surface area contributed by atoms with Crippen LogP contribution in [0, 0.1) is 0 Å². The lowest BCUT2D eigenvalue weighted by Crippen LogP contribution is -2.60. The number of aliphatic hydroxyl groups is 1. The first-order valence-electron chi connectivity index (χ1n) is 10.5. The number of para-hydroxylation sites is 1. The number of aromatic nitrogens is 1. The van der Waals surface area contributed by atoms with Crippen LogP contribution in [-0.4, -0.2) is 52.1 Å². The van der Waals surface area contributed by atoms with Crippen molar-refractivity contribution < 1.29 is 5.11 Å². The maximum absolute atomic E-state index is 11.8. The van der Waals surface area contributed by atoms with Crippen LogP contribution in [0.4, 0.5) is 0 Å². The Labute approximate surface area is 166 Å². The lowest BCUT2D eigenvalue weighted by molar-refractivity contribution is -0.0958. The molecule has 2 atom stereocenters. The van der Waals surface area contributed by atoms with Crippen LogP contribution in [0.3, 0.4) is 0 Å². The molecule has 5 rings (SSSR count). The zero-order chi connectivity index (χ0) is 19.0. The van der Waals surface area contributed by atoms with Crippen LogP contribution in [0.1, 0.15) is 30.4 Å². The van der Waals surface area contributed by atoms with Crippen molar-refractivity contribution in [2.45, 2.75) is 37.5 Å². The summed E-state index contributed by atoms with van der Waals surface area (Å²) in [5.41, 5.74) is 2.88. The molecule has 0 saturated carbocycles. The molecule has 2 aliphatic rings. The highest BCUT2D eigenvalue weighted by atomic mass is 16.3. The number of piperidine rings is 1. The molecule has 2 N–H and O–H groups in total. The normalized spacial score (nSPS) is 26.8. The average molecular weight is 376 g/mol. The molecule has 4 heteroatoms. The van der Waals surface area contributed by atoms with Gasteiger partial charge in [0.05, 0.1) is 6.04 Å². The van der Waals surface area contributed by atoms with Crippen LogP contribution in [0.2, 0.25) is 0 Å². The van der Waals surface area contributed by atoms with Gasteiger partial charge in [0.2, 0.25) is 0 Å². The highest BCUT2D eigenvalue weighted by Crippen LogP contribution is 2.38. The van der Waals surface area contributed by atoms with Crippen molar-refractivity contribution in [3.8, 4) is 0 Å². The van der Waals surface area contributed by atoms with Gasteiger partial charge in [0.15, 0.2) is 0 Å². The summed E-state index contributed by atoms with van der Waals surface area (Å²) in [6.07, 6.45) is 5.27. The molecule has 2 saturated heterocycles. The second kappa shape index (κ2) is 7.36. The third kappa shape index (κ3) is 3.16. The molecule has 0 aliphatic carbocycles. The van der Waals surface area contributed by atoms with Gasteiger partial charge in [-0.3, -0.25) is 9.80 Å². The second-order valence-corrected chi connectivity index (χ2v) is 8.39. The first-order chi connectivity index (χ1) is 13.7. The summed E-state index contributed by atoms with van der Waals surface area (Å²) in [7, 11) is 0. The summed E-state index contributed by atoms with van der Waals surface area (Å²) in [5.74, 6) is 0. The first-order valence-corrected chi connectivity index (χ1v) is 10.5. The van der Waals surface area contributed by atoms with Gasteiger partial charge in [0.25, 0.3) is 0 Å². The fourth-order valence-corrected chi connectivity index (χ4v) is 5.18. The first kappa shape index (κ1) is 17.9. The van der Waals surface area contributed by atoms with Crippen LogP contribution in [0.15, 0.2) is 60.8 Å². The molecule has 0 amide bonds. The molecule has 2 aromatic carbocycles. The molecule has 28 heavy (non-hydrogen) atoms. The zero-order valence-electron chi connectivity index (χ0n) is 16.3. The van der Waals surface area contributed by atoms with E-state index < -0.39 is 5.60 Å². The molecule has 1 aromatic heterocycles. The van der Waals surface area contributed by atoms with Crippen molar-refractivity contribution >= 4 is 10.9 Å². The van der Waals surface area contributed by atoms with E-state index >= 15 is 0 Å². The predicted octanol–water partition coefficient (Wildman–Crippen LogP) is 3.73. The maximum Gasteiger partial charge on any atom is 0.108 e. The van der Waals surface area contributed by atoms with Crippen LogP contribution in [0.25, 0.3) is 10.9 Å². The molecule has 146 valence electrons. The predicted molar refractivity (Wildman–Crippen MR) is 113 cm³/mol. The molecular formula is C24H29N3O. The van der Waals surface area contributed by atoms with Gasteiger partial charge < -0.3 is 10.1 Å². The molecule has 0 bridgehead atoms. The van der Waals surface area contributed by atoms with E-state index in [0.29, 0.717) is 0 Å². The largest absolute Gasteiger partial charge is 0.383 e. The number of nitrogens with zero attached hydrogens (tertiary/aromatic N) is 2. The molecule has 2 fully saturated rings. The van der Waals surface area contributed by atoms with Gasteiger partial charge in [-0.05, 0) is 54.9 Å². The van der Waals surface area contributed by atoms with Crippen molar-refractivity contribution in [2.75, 3.05) is 26.2 Å². The van der Waals surface area contributed by atoms with E-state index in [0.717, 1.165) is 44.7 Å². The minimum Gasteiger partial charge on any atom is -0.383 e. The van der Waals surface area contributed by atoms with Crippen molar-refractivity contribution in [1.29, 1.82) is 0 Å². The number of fused-ring (bicyclic) bond motifs is 1. The van der Waals surface area contributed by atoms with E-state index in [1.54, 1.807) is 0 Å². The highest BCUT2D eigenvalue weighted by molar-refractivity contribution is 5.82. The average Bonchev–Trinajstić information content (AvgIpc) is 3.42. The topological polar surface area (TPSA) is 42.5 Å². The van der Waals surface area contributed by atoms with E-state index in [2.05, 4.69) is 51.2 Å². The van der Waals surface area contributed by atoms with E-state index in [4.69, 9.17) is 0 Å². The minimum atomic E-state index is -0.763. The summed E-state index contributed by atoms with van der Waals surface area (Å²) >= 11 is 0. The van der Waals surface area contributed by atoms with E-state index in [9.17, 15) is 5.11 Å². The summed E-state index contributed by atoms with van der Waals surface area (Å²) < 4.78 is 0. The SMILES string of the molecule is O[C@]1(c2ccccc2)CCN(Cc2cccc3cc[nH]c23)C[C@H]1N1CCCC1. The van der Waals surface area contributed by atoms with Gasteiger partial charge in [0, 0.05) is 31.3 Å². The fourth-order valence-electron chi connectivity index (χ4n) is 5.18. The number of hydrogen-bond acceptors (Lipinski definition) is 3. The molecule has 3 aromatic rings. The van der Waals surface area contributed by atoms with Crippen molar-refractivity contribution in [3.63, 3.8) is 0 Å². The Hall–Kier alpha value is -2.14. The molecule has 4 nitrogen and oxygen atoms in total. The van der Waals surface area contributed by atoms with Crippen LogP contribution in [0.5, 0.6) is 0 Å². The summed E-state index contributed by atoms with van der Waals surface area (Å²) in [4.78, 5) is 8.45. The number of rotatable bonds is 4. The number of benzene rings is 2. The minimum absolute atomic E-state index is 0.147. The third-order valence-corrected chi connectivity index (χ3v) is 6.71. The monoisotopic (exact) mass is 375 g/mol. The van der Waals surface area contributed by atoms with Crippen molar-refractivity contribution in [2.24, 2.45) is 0 Å². The van der Waals surface area contributed by atoms with E-state index in [1.165, 1.54) is 29.3 Å². The number of nitrogens with one attached hydrogen (secondary N) is 1. The molecule has 0 spiro atoms. The van der Waals surface area contributed by atoms with Crippen LogP contribution in [-0.2, 0) is 12.1 Å². The Morgan fingerprint density at radius 2 is 1.79 bits per heavy atom.